The average Bonchev–Trinajstić information content (AvgIpc) is 2.62. The van der Waals surface area contributed by atoms with Crippen LogP contribution in [0.1, 0.15) is 57.5 Å². The lowest BCUT2D eigenvalue weighted by molar-refractivity contribution is 0.0687. The number of hydrogen-bond acceptors (Lipinski definition) is 4. The molecule has 1 rings (SSSR count). The highest BCUT2D eigenvalue weighted by Crippen LogP contribution is 2.38. The lowest BCUT2D eigenvalue weighted by Gasteiger charge is -2.36. The van der Waals surface area contributed by atoms with Crippen molar-refractivity contribution in [1.29, 1.82) is 0 Å². The molecule has 0 saturated carbocycles. The van der Waals surface area contributed by atoms with Crippen molar-refractivity contribution < 1.29 is 36.7 Å². The van der Waals surface area contributed by atoms with Crippen LogP contribution in [-0.2, 0) is 15.3 Å². The Balaban J connectivity index is 3.08. The maximum atomic E-state index is 14.9. The van der Waals surface area contributed by atoms with Crippen LogP contribution in [0.2, 0.25) is 36.3 Å². The van der Waals surface area contributed by atoms with Crippen molar-refractivity contribution >= 4 is 22.6 Å². The zero-order valence-corrected chi connectivity index (χ0v) is 23.5. The minimum atomic E-state index is -2.20. The molecular weight excluding hydrogens is 469 g/mol. The van der Waals surface area contributed by atoms with Gasteiger partial charge in [0.2, 0.25) is 5.82 Å². The van der Waals surface area contributed by atoms with Crippen molar-refractivity contribution in [3.05, 3.63) is 28.6 Å². The third kappa shape index (κ3) is 7.06. The summed E-state index contributed by atoms with van der Waals surface area (Å²) in [4.78, 5) is 11.7. The second-order valence-corrected chi connectivity index (χ2v) is 20.9. The number of benzene rings is 1. The predicted molar refractivity (Wildman–Crippen MR) is 129 cm³/mol. The maximum absolute atomic E-state index is 14.9. The standard InChI is InChI=1S/C23H39F3O5Si2/c1-22(2,3)32(7,8)30-12-11-15-16(21(27)28)18(25)20(19(26)17(15)24)29-13-14-31-33(9,10)23(4,5)6/h11-14H2,1-10H3,(H,27,28). The molecule has 0 aliphatic rings. The van der Waals surface area contributed by atoms with Crippen molar-refractivity contribution in [2.45, 2.75) is 84.2 Å². The van der Waals surface area contributed by atoms with Gasteiger partial charge in [-0.05, 0) is 42.7 Å². The largest absolute Gasteiger partial charge is 0.485 e. The van der Waals surface area contributed by atoms with Crippen LogP contribution in [0.4, 0.5) is 13.2 Å². The van der Waals surface area contributed by atoms with E-state index in [1.54, 1.807) is 0 Å². The molecule has 0 atom stereocenters. The number of hydrogen-bond donors (Lipinski definition) is 1. The van der Waals surface area contributed by atoms with E-state index in [1.165, 1.54) is 0 Å². The van der Waals surface area contributed by atoms with Crippen LogP contribution < -0.4 is 4.74 Å². The summed E-state index contributed by atoms with van der Waals surface area (Å²) in [5, 5.41) is 9.31. The first kappa shape index (κ1) is 29.7. The molecular formula is C23H39F3O5Si2. The second kappa shape index (κ2) is 10.5. The van der Waals surface area contributed by atoms with Gasteiger partial charge in [-0.2, -0.15) is 4.39 Å². The molecule has 5 nitrogen and oxygen atoms in total. The van der Waals surface area contributed by atoms with E-state index >= 15 is 0 Å². The number of aromatic carboxylic acids is 1. The molecule has 0 fully saturated rings. The Hall–Kier alpha value is -1.37. The summed E-state index contributed by atoms with van der Waals surface area (Å²) in [6.07, 6.45) is -0.275. The van der Waals surface area contributed by atoms with Crippen LogP contribution in [0.25, 0.3) is 0 Å². The van der Waals surface area contributed by atoms with E-state index in [2.05, 4.69) is 0 Å². The van der Waals surface area contributed by atoms with Gasteiger partial charge < -0.3 is 18.7 Å². The summed E-state index contributed by atoms with van der Waals surface area (Å²) < 4.78 is 61.4. The molecule has 0 aliphatic carbocycles. The lowest BCUT2D eigenvalue weighted by atomic mass is 10.0. The highest BCUT2D eigenvalue weighted by molar-refractivity contribution is 6.74. The summed E-state index contributed by atoms with van der Waals surface area (Å²) >= 11 is 0. The summed E-state index contributed by atoms with van der Waals surface area (Å²) in [6.45, 7) is 19.9. The van der Waals surface area contributed by atoms with E-state index in [1.807, 2.05) is 67.7 Å². The molecule has 1 aromatic rings. The number of rotatable bonds is 10. The fraction of sp³-hybridized carbons (Fsp3) is 0.696. The number of halogens is 3. The maximum Gasteiger partial charge on any atom is 0.339 e. The van der Waals surface area contributed by atoms with Crippen LogP contribution in [0, 0.1) is 17.5 Å². The van der Waals surface area contributed by atoms with Crippen molar-refractivity contribution in [3.63, 3.8) is 0 Å². The molecule has 0 bridgehead atoms. The van der Waals surface area contributed by atoms with Gasteiger partial charge in [0.1, 0.15) is 12.2 Å². The fourth-order valence-electron chi connectivity index (χ4n) is 2.55. The lowest BCUT2D eigenvalue weighted by Crippen LogP contribution is -2.41. The Morgan fingerprint density at radius 2 is 1.24 bits per heavy atom. The van der Waals surface area contributed by atoms with Gasteiger partial charge in [0.05, 0.1) is 6.61 Å². The third-order valence-electron chi connectivity index (χ3n) is 6.81. The van der Waals surface area contributed by atoms with Gasteiger partial charge in [-0.15, -0.1) is 0 Å². The number of ether oxygens (including phenoxy) is 1. The van der Waals surface area contributed by atoms with Crippen LogP contribution in [0.3, 0.4) is 0 Å². The minimum absolute atomic E-state index is 0.0432. The Bertz CT molecular complexity index is 859. The molecule has 0 saturated heterocycles. The zero-order chi connectivity index (χ0) is 26.0. The fourth-order valence-corrected chi connectivity index (χ4v) is 4.62. The smallest absolute Gasteiger partial charge is 0.339 e. The Morgan fingerprint density at radius 3 is 1.67 bits per heavy atom. The van der Waals surface area contributed by atoms with Gasteiger partial charge in [0.15, 0.2) is 34.0 Å². The second-order valence-electron chi connectivity index (χ2n) is 11.2. The van der Waals surface area contributed by atoms with Gasteiger partial charge in [-0.3, -0.25) is 0 Å². The molecule has 1 aromatic carbocycles. The molecule has 10 heteroatoms. The molecule has 190 valence electrons. The van der Waals surface area contributed by atoms with Crippen LogP contribution in [-0.4, -0.2) is 47.5 Å². The van der Waals surface area contributed by atoms with Crippen LogP contribution >= 0.6 is 0 Å². The number of carboxylic acids is 1. The van der Waals surface area contributed by atoms with Crippen molar-refractivity contribution in [3.8, 4) is 5.75 Å². The predicted octanol–water partition coefficient (Wildman–Crippen LogP) is 6.77. The van der Waals surface area contributed by atoms with Gasteiger partial charge >= 0.3 is 5.97 Å². The topological polar surface area (TPSA) is 65.0 Å². The first-order valence-corrected chi connectivity index (χ1v) is 16.9. The summed E-state index contributed by atoms with van der Waals surface area (Å²) in [7, 11) is -4.31. The normalized spacial score (nSPS) is 13.4. The van der Waals surface area contributed by atoms with Crippen molar-refractivity contribution in [1.82, 2.24) is 0 Å². The monoisotopic (exact) mass is 508 g/mol. The molecule has 33 heavy (non-hydrogen) atoms. The SMILES string of the molecule is CC(C)(C)[Si](C)(C)OCCOc1c(F)c(F)c(CCO[Si](C)(C)C(C)(C)C)c(C(=O)O)c1F. The molecule has 0 amide bonds. The number of carbonyl (C=O) groups is 1. The first-order chi connectivity index (χ1) is 14.7. The van der Waals surface area contributed by atoms with Crippen LogP contribution in [0.15, 0.2) is 0 Å². The van der Waals surface area contributed by atoms with Gasteiger partial charge in [0, 0.05) is 12.2 Å². The Labute approximate surface area is 197 Å². The van der Waals surface area contributed by atoms with E-state index < -0.39 is 56.9 Å². The minimum Gasteiger partial charge on any atom is -0.485 e. The highest BCUT2D eigenvalue weighted by Gasteiger charge is 2.38. The van der Waals surface area contributed by atoms with Crippen molar-refractivity contribution in [2.75, 3.05) is 19.8 Å². The highest BCUT2D eigenvalue weighted by atomic mass is 28.4. The molecule has 0 radical (unpaired) electrons. The number of carboxylic acid groups (broad SMARTS) is 1. The summed E-state index contributed by atoms with van der Waals surface area (Å²) in [5.74, 6) is -7.16. The molecule has 0 heterocycles. The van der Waals surface area contributed by atoms with Gasteiger partial charge in [-0.25, -0.2) is 13.6 Å². The van der Waals surface area contributed by atoms with Crippen molar-refractivity contribution in [2.24, 2.45) is 0 Å². The molecule has 0 spiro atoms. The Morgan fingerprint density at radius 1 is 0.788 bits per heavy atom. The Kier molecular flexibility index (Phi) is 9.43. The first-order valence-electron chi connectivity index (χ1n) is 11.1. The van der Waals surface area contributed by atoms with E-state index in [9.17, 15) is 23.1 Å². The molecule has 0 aromatic heterocycles. The molecule has 0 unspecified atom stereocenters. The summed E-state index contributed by atoms with van der Waals surface area (Å²) in [5.41, 5.74) is -1.51. The zero-order valence-electron chi connectivity index (χ0n) is 21.5. The quantitative estimate of drug-likeness (QED) is 0.215. The summed E-state index contributed by atoms with van der Waals surface area (Å²) in [6, 6.07) is 0. The van der Waals surface area contributed by atoms with Gasteiger partial charge in [0.25, 0.3) is 0 Å². The van der Waals surface area contributed by atoms with Crippen LogP contribution in [0.5, 0.6) is 5.75 Å². The molecule has 0 aliphatic heterocycles. The molecule has 1 N–H and O–H groups in total. The van der Waals surface area contributed by atoms with Gasteiger partial charge in [-0.1, -0.05) is 41.5 Å². The average molecular weight is 509 g/mol. The van der Waals surface area contributed by atoms with E-state index in [-0.39, 0.29) is 36.3 Å². The third-order valence-corrected chi connectivity index (χ3v) is 15.9. The van der Waals surface area contributed by atoms with E-state index in [0.717, 1.165) is 0 Å². The van der Waals surface area contributed by atoms with E-state index in [4.69, 9.17) is 13.6 Å². The van der Waals surface area contributed by atoms with E-state index in [0.29, 0.717) is 0 Å².